The zero-order valence-electron chi connectivity index (χ0n) is 14.8. The molecule has 4 heteroatoms. The minimum atomic E-state index is -1.75. The fourth-order valence-corrected chi connectivity index (χ4v) is 7.09. The number of halogens is 1. The van der Waals surface area contributed by atoms with Crippen LogP contribution in [0.4, 0.5) is 4.39 Å². The number of fused-ring (bicyclic) bond motifs is 5. The summed E-state index contributed by atoms with van der Waals surface area (Å²) in [6.07, 6.45) is 4.07. The monoisotopic (exact) mass is 334 g/mol. The summed E-state index contributed by atoms with van der Waals surface area (Å²) in [4.78, 5) is 24.1. The first-order valence-electron chi connectivity index (χ1n) is 9.26. The van der Waals surface area contributed by atoms with Crippen molar-refractivity contribution in [3.8, 4) is 0 Å². The quantitative estimate of drug-likeness (QED) is 0.800. The van der Waals surface area contributed by atoms with Crippen LogP contribution in [0.2, 0.25) is 0 Å². The average molecular weight is 334 g/mol. The maximum Gasteiger partial charge on any atom is 0.156 e. The molecule has 0 amide bonds. The van der Waals surface area contributed by atoms with Gasteiger partial charge < -0.3 is 5.11 Å². The van der Waals surface area contributed by atoms with E-state index in [2.05, 4.69) is 6.92 Å². The maximum atomic E-state index is 16.5. The molecule has 3 fully saturated rings. The van der Waals surface area contributed by atoms with Gasteiger partial charge in [-0.25, -0.2) is 4.39 Å². The summed E-state index contributed by atoms with van der Waals surface area (Å²) in [5.41, 5.74) is -2.05. The van der Waals surface area contributed by atoms with Crippen LogP contribution >= 0.6 is 0 Å². The van der Waals surface area contributed by atoms with Crippen LogP contribution in [0, 0.1) is 28.6 Å². The average Bonchev–Trinajstić information content (AvgIpc) is 2.96. The van der Waals surface area contributed by atoms with Crippen LogP contribution in [0.1, 0.15) is 59.3 Å². The highest BCUT2D eigenvalue weighted by atomic mass is 19.1. The number of hydrogen-bond donors (Lipinski definition) is 1. The van der Waals surface area contributed by atoms with Gasteiger partial charge in [-0.1, -0.05) is 19.4 Å². The number of carbonyl (C=O) groups excluding carboxylic acids is 2. The van der Waals surface area contributed by atoms with Crippen molar-refractivity contribution >= 4 is 11.6 Å². The van der Waals surface area contributed by atoms with Crippen molar-refractivity contribution in [2.75, 3.05) is 0 Å². The summed E-state index contributed by atoms with van der Waals surface area (Å²) in [6.45, 7) is 5.53. The van der Waals surface area contributed by atoms with E-state index in [-0.39, 0.29) is 41.2 Å². The van der Waals surface area contributed by atoms with Crippen LogP contribution < -0.4 is 0 Å². The Labute approximate surface area is 142 Å². The predicted molar refractivity (Wildman–Crippen MR) is 88.0 cm³/mol. The van der Waals surface area contributed by atoms with Crippen LogP contribution in [0.25, 0.3) is 0 Å². The number of aliphatic hydroxyl groups excluding tert-OH is 1. The van der Waals surface area contributed by atoms with Gasteiger partial charge in [0, 0.05) is 23.7 Å². The number of aliphatic hydroxyl groups is 1. The first-order valence-corrected chi connectivity index (χ1v) is 9.26. The molecule has 0 spiro atoms. The number of carbonyl (C=O) groups is 2. The Balaban J connectivity index is 1.79. The Bertz CT molecular complexity index is 655. The van der Waals surface area contributed by atoms with Crippen LogP contribution in [-0.2, 0) is 9.59 Å². The summed E-state index contributed by atoms with van der Waals surface area (Å²) >= 11 is 0. The number of ketones is 2. The van der Waals surface area contributed by atoms with E-state index in [1.165, 1.54) is 0 Å². The van der Waals surface area contributed by atoms with Crippen molar-refractivity contribution in [2.45, 2.75) is 71.1 Å². The third kappa shape index (κ3) is 1.71. The zero-order chi connectivity index (χ0) is 17.5. The largest absolute Gasteiger partial charge is 0.390 e. The molecule has 4 rings (SSSR count). The van der Waals surface area contributed by atoms with Gasteiger partial charge in [0.15, 0.2) is 5.78 Å². The highest BCUT2D eigenvalue weighted by molar-refractivity contribution is 5.94. The third-order valence-electron chi connectivity index (χ3n) is 8.19. The number of hydrogen-bond acceptors (Lipinski definition) is 3. The second kappa shape index (κ2) is 4.78. The fraction of sp³-hybridized carbons (Fsp3) is 0.800. The van der Waals surface area contributed by atoms with Crippen molar-refractivity contribution in [2.24, 2.45) is 28.6 Å². The van der Waals surface area contributed by atoms with Gasteiger partial charge in [-0.3, -0.25) is 9.59 Å². The summed E-state index contributed by atoms with van der Waals surface area (Å²) in [5.74, 6) is -0.0647. The first kappa shape index (κ1) is 16.4. The lowest BCUT2D eigenvalue weighted by molar-refractivity contribution is -0.204. The van der Waals surface area contributed by atoms with Crippen LogP contribution in [-0.4, -0.2) is 28.4 Å². The van der Waals surface area contributed by atoms with Crippen molar-refractivity contribution in [1.29, 1.82) is 0 Å². The van der Waals surface area contributed by atoms with E-state index in [1.54, 1.807) is 13.0 Å². The molecular weight excluding hydrogens is 307 g/mol. The topological polar surface area (TPSA) is 54.4 Å². The van der Waals surface area contributed by atoms with Crippen LogP contribution in [0.15, 0.2) is 11.6 Å². The van der Waals surface area contributed by atoms with Crippen molar-refractivity contribution in [1.82, 2.24) is 0 Å². The van der Waals surface area contributed by atoms with Gasteiger partial charge in [-0.2, -0.15) is 0 Å². The molecule has 4 aliphatic carbocycles. The summed E-state index contributed by atoms with van der Waals surface area (Å²) in [5, 5.41) is 10.9. The molecule has 0 radical (unpaired) electrons. The van der Waals surface area contributed by atoms with E-state index in [0.717, 1.165) is 24.8 Å². The highest BCUT2D eigenvalue weighted by Crippen LogP contribution is 2.69. The molecule has 3 nitrogen and oxygen atoms in total. The van der Waals surface area contributed by atoms with Crippen LogP contribution in [0.5, 0.6) is 0 Å². The van der Waals surface area contributed by atoms with Gasteiger partial charge in [0.05, 0.1) is 6.10 Å². The number of alkyl halides is 1. The molecule has 3 saturated carbocycles. The predicted octanol–water partition coefficient (Wildman–Crippen LogP) is 3.40. The van der Waals surface area contributed by atoms with E-state index in [9.17, 15) is 14.7 Å². The molecular formula is C20H27FO3. The lowest BCUT2D eigenvalue weighted by Gasteiger charge is -2.61. The van der Waals surface area contributed by atoms with E-state index in [0.29, 0.717) is 12.8 Å². The van der Waals surface area contributed by atoms with Gasteiger partial charge in [0.25, 0.3) is 0 Å². The number of Topliss-reactive ketones (excluding diaryl/α,β-unsaturated/α-hetero) is 1. The molecule has 0 aromatic heterocycles. The minimum absolute atomic E-state index is 0.0151. The van der Waals surface area contributed by atoms with Crippen LogP contribution in [0.3, 0.4) is 0 Å². The Kier molecular flexibility index (Phi) is 3.27. The van der Waals surface area contributed by atoms with Crippen molar-refractivity contribution in [3.05, 3.63) is 11.6 Å². The van der Waals surface area contributed by atoms with E-state index in [1.807, 2.05) is 6.92 Å². The molecule has 0 heterocycles. The molecule has 0 aromatic carbocycles. The SMILES string of the molecule is CC(=O)C1CCC2C3CCC4=CC(=O)CC4(C)C3(F)C(O)CC12C. The first-order chi connectivity index (χ1) is 11.1. The van der Waals surface area contributed by atoms with Gasteiger partial charge in [-0.05, 0) is 56.4 Å². The fourth-order valence-electron chi connectivity index (χ4n) is 7.09. The Hall–Kier alpha value is -1.03. The van der Waals surface area contributed by atoms with Crippen molar-refractivity contribution in [3.63, 3.8) is 0 Å². The molecule has 4 aliphatic rings. The third-order valence-corrected chi connectivity index (χ3v) is 8.19. The highest BCUT2D eigenvalue weighted by Gasteiger charge is 2.71. The molecule has 7 atom stereocenters. The second-order valence-corrected chi connectivity index (χ2v) is 9.13. The molecule has 132 valence electrons. The lowest BCUT2D eigenvalue weighted by Crippen LogP contribution is -2.66. The lowest BCUT2D eigenvalue weighted by atomic mass is 9.46. The molecule has 1 N–H and O–H groups in total. The summed E-state index contributed by atoms with van der Waals surface area (Å²) in [6, 6.07) is 0. The van der Waals surface area contributed by atoms with Gasteiger partial charge in [0.2, 0.25) is 0 Å². The molecule has 0 aliphatic heterocycles. The van der Waals surface area contributed by atoms with Crippen molar-refractivity contribution < 1.29 is 19.1 Å². The second-order valence-electron chi connectivity index (χ2n) is 9.13. The minimum Gasteiger partial charge on any atom is -0.390 e. The number of allylic oxidation sites excluding steroid dienone is 2. The summed E-state index contributed by atoms with van der Waals surface area (Å²) < 4.78 is 16.5. The zero-order valence-corrected chi connectivity index (χ0v) is 14.8. The Morgan fingerprint density at radius 2 is 1.96 bits per heavy atom. The Morgan fingerprint density at radius 1 is 1.25 bits per heavy atom. The summed E-state index contributed by atoms with van der Waals surface area (Å²) in [7, 11) is 0. The number of rotatable bonds is 1. The van der Waals surface area contributed by atoms with E-state index < -0.39 is 17.2 Å². The molecule has 0 aromatic rings. The molecule has 7 unspecified atom stereocenters. The normalized spacial score (nSPS) is 53.2. The van der Waals surface area contributed by atoms with E-state index >= 15 is 4.39 Å². The molecule has 24 heavy (non-hydrogen) atoms. The molecule has 0 bridgehead atoms. The Morgan fingerprint density at radius 3 is 2.62 bits per heavy atom. The molecule has 0 saturated heterocycles. The van der Waals surface area contributed by atoms with E-state index in [4.69, 9.17) is 0 Å². The van der Waals surface area contributed by atoms with Gasteiger partial charge in [-0.15, -0.1) is 0 Å². The van der Waals surface area contributed by atoms with Gasteiger partial charge in [0.1, 0.15) is 11.5 Å². The smallest absolute Gasteiger partial charge is 0.156 e. The standard InChI is InChI=1S/C20H27FO3/c1-11(22)14-6-7-15-16-5-4-12-8-13(23)9-19(12,3)20(16,21)17(24)10-18(14,15)2/h8,14-17,24H,4-7,9-10H2,1-3H3. The maximum absolute atomic E-state index is 16.5. The van der Waals surface area contributed by atoms with Gasteiger partial charge >= 0.3 is 0 Å².